The highest BCUT2D eigenvalue weighted by atomic mass is 16.6. The van der Waals surface area contributed by atoms with Gasteiger partial charge in [-0.15, -0.1) is 0 Å². The third-order valence-electron chi connectivity index (χ3n) is 4.36. The fourth-order valence-electron chi connectivity index (χ4n) is 3.11. The Balaban J connectivity index is 1.65. The van der Waals surface area contributed by atoms with Crippen molar-refractivity contribution in [1.82, 2.24) is 5.32 Å². The molecule has 0 spiro atoms. The molecule has 2 aliphatic heterocycles. The van der Waals surface area contributed by atoms with Gasteiger partial charge in [-0.2, -0.15) is 0 Å². The van der Waals surface area contributed by atoms with Crippen molar-refractivity contribution in [3.63, 3.8) is 0 Å². The number of fused-ring (bicyclic) bond motifs is 1. The van der Waals surface area contributed by atoms with Crippen LogP contribution in [0.15, 0.2) is 18.2 Å². The van der Waals surface area contributed by atoms with Gasteiger partial charge in [0.05, 0.1) is 0 Å². The molecule has 1 saturated heterocycles. The normalized spacial score (nSPS) is 22.9. The van der Waals surface area contributed by atoms with Gasteiger partial charge in [0.15, 0.2) is 11.5 Å². The second-order valence-corrected chi connectivity index (χ2v) is 5.85. The number of hydrogen-bond acceptors (Lipinski definition) is 4. The van der Waals surface area contributed by atoms with Gasteiger partial charge in [0.25, 0.3) is 0 Å². The maximum Gasteiger partial charge on any atom is 0.163 e. The van der Waals surface area contributed by atoms with Crippen LogP contribution < -0.4 is 19.7 Å². The van der Waals surface area contributed by atoms with Crippen molar-refractivity contribution in [3.05, 3.63) is 18.2 Å². The summed E-state index contributed by atoms with van der Waals surface area (Å²) in [7, 11) is 2.04. The average molecular weight is 276 g/mol. The average Bonchev–Trinajstić information content (AvgIpc) is 2.95. The molecule has 1 aromatic rings. The molecule has 0 aromatic heterocycles. The van der Waals surface area contributed by atoms with Crippen molar-refractivity contribution in [2.24, 2.45) is 5.92 Å². The van der Waals surface area contributed by atoms with E-state index in [1.165, 1.54) is 18.5 Å². The van der Waals surface area contributed by atoms with E-state index < -0.39 is 0 Å². The largest absolute Gasteiger partial charge is 0.486 e. The minimum absolute atomic E-state index is 0.597. The Hall–Kier alpha value is -1.42. The first-order valence-electron chi connectivity index (χ1n) is 7.58. The quantitative estimate of drug-likeness (QED) is 0.915. The molecule has 0 amide bonds. The first kappa shape index (κ1) is 13.6. The predicted octanol–water partition coefficient (Wildman–Crippen LogP) is 2.28. The Morgan fingerprint density at radius 2 is 2.10 bits per heavy atom. The Kier molecular flexibility index (Phi) is 4.01. The third-order valence-corrected chi connectivity index (χ3v) is 4.36. The molecular weight excluding hydrogens is 252 g/mol. The number of anilines is 1. The summed E-state index contributed by atoms with van der Waals surface area (Å²) in [5, 5.41) is 3.33. The minimum Gasteiger partial charge on any atom is -0.486 e. The van der Waals surface area contributed by atoms with Gasteiger partial charge < -0.3 is 19.7 Å². The van der Waals surface area contributed by atoms with Crippen LogP contribution in [-0.4, -0.2) is 39.4 Å². The Morgan fingerprint density at radius 1 is 1.30 bits per heavy atom. The minimum atomic E-state index is 0.597. The summed E-state index contributed by atoms with van der Waals surface area (Å²) in [6, 6.07) is 6.91. The Bertz CT molecular complexity index is 464. The van der Waals surface area contributed by atoms with Crippen molar-refractivity contribution < 1.29 is 9.47 Å². The molecule has 2 unspecified atom stereocenters. The van der Waals surface area contributed by atoms with Crippen LogP contribution in [0.25, 0.3) is 0 Å². The molecule has 4 heteroatoms. The molecule has 0 saturated carbocycles. The molecular formula is C16H24N2O2. The van der Waals surface area contributed by atoms with Crippen LogP contribution in [0.2, 0.25) is 0 Å². The second-order valence-electron chi connectivity index (χ2n) is 5.85. The number of nitrogens with zero attached hydrogens (tertiary/aromatic N) is 1. The van der Waals surface area contributed by atoms with E-state index in [0.717, 1.165) is 30.5 Å². The molecule has 3 rings (SSSR count). The fourth-order valence-corrected chi connectivity index (χ4v) is 3.11. The zero-order chi connectivity index (χ0) is 13.9. The molecule has 0 bridgehead atoms. The zero-order valence-electron chi connectivity index (χ0n) is 12.4. The van der Waals surface area contributed by atoms with E-state index in [-0.39, 0.29) is 0 Å². The predicted molar refractivity (Wildman–Crippen MR) is 80.9 cm³/mol. The summed E-state index contributed by atoms with van der Waals surface area (Å²) in [5.74, 6) is 2.55. The van der Waals surface area contributed by atoms with E-state index in [0.29, 0.717) is 19.3 Å². The molecule has 2 aliphatic rings. The summed E-state index contributed by atoms with van der Waals surface area (Å²) < 4.78 is 11.2. The third kappa shape index (κ3) is 2.85. The van der Waals surface area contributed by atoms with E-state index >= 15 is 0 Å². The van der Waals surface area contributed by atoms with Crippen LogP contribution in [0, 0.1) is 5.92 Å². The van der Waals surface area contributed by atoms with E-state index in [1.807, 2.05) is 13.1 Å². The standard InChI is InChI=1S/C16H24N2O2/c1-12(17-2)9-13-5-6-18(11-13)14-3-4-15-16(10-14)20-8-7-19-15/h3-4,10,12-13,17H,5-9,11H2,1-2H3. The molecule has 1 fully saturated rings. The Labute approximate surface area is 121 Å². The van der Waals surface area contributed by atoms with Crippen molar-refractivity contribution in [2.45, 2.75) is 25.8 Å². The van der Waals surface area contributed by atoms with E-state index in [1.54, 1.807) is 0 Å². The molecule has 4 nitrogen and oxygen atoms in total. The zero-order valence-corrected chi connectivity index (χ0v) is 12.4. The number of rotatable bonds is 4. The second kappa shape index (κ2) is 5.92. The summed E-state index contributed by atoms with van der Waals surface area (Å²) in [5.41, 5.74) is 1.26. The van der Waals surface area contributed by atoms with Crippen LogP contribution in [0.1, 0.15) is 19.8 Å². The number of nitrogens with one attached hydrogen (secondary N) is 1. The van der Waals surface area contributed by atoms with Gasteiger partial charge in [-0.05, 0) is 44.9 Å². The first-order chi connectivity index (χ1) is 9.76. The summed E-state index contributed by atoms with van der Waals surface area (Å²) in [6.45, 7) is 5.85. The summed E-state index contributed by atoms with van der Waals surface area (Å²) in [4.78, 5) is 2.46. The lowest BCUT2D eigenvalue weighted by atomic mass is 10.0. The van der Waals surface area contributed by atoms with Crippen LogP contribution in [-0.2, 0) is 0 Å². The molecule has 110 valence electrons. The SMILES string of the molecule is CNC(C)CC1CCN(c2ccc3c(c2)OCCO3)C1. The lowest BCUT2D eigenvalue weighted by Crippen LogP contribution is -2.26. The fraction of sp³-hybridized carbons (Fsp3) is 0.625. The number of hydrogen-bond donors (Lipinski definition) is 1. The van der Waals surface area contributed by atoms with Gasteiger partial charge in [0.2, 0.25) is 0 Å². The lowest BCUT2D eigenvalue weighted by Gasteiger charge is -2.23. The highest BCUT2D eigenvalue weighted by Gasteiger charge is 2.25. The highest BCUT2D eigenvalue weighted by Crippen LogP contribution is 2.36. The lowest BCUT2D eigenvalue weighted by molar-refractivity contribution is 0.171. The Morgan fingerprint density at radius 3 is 2.90 bits per heavy atom. The van der Waals surface area contributed by atoms with Crippen molar-refractivity contribution in [3.8, 4) is 11.5 Å². The van der Waals surface area contributed by atoms with Crippen LogP contribution in [0.5, 0.6) is 11.5 Å². The van der Waals surface area contributed by atoms with Gasteiger partial charge >= 0.3 is 0 Å². The van der Waals surface area contributed by atoms with Gasteiger partial charge in [-0.25, -0.2) is 0 Å². The van der Waals surface area contributed by atoms with Crippen molar-refractivity contribution in [1.29, 1.82) is 0 Å². The number of benzene rings is 1. The molecule has 0 radical (unpaired) electrons. The maximum absolute atomic E-state index is 5.67. The highest BCUT2D eigenvalue weighted by molar-refractivity contribution is 5.57. The van der Waals surface area contributed by atoms with Crippen molar-refractivity contribution in [2.75, 3.05) is 38.3 Å². The van der Waals surface area contributed by atoms with E-state index in [4.69, 9.17) is 9.47 Å². The molecule has 20 heavy (non-hydrogen) atoms. The summed E-state index contributed by atoms with van der Waals surface area (Å²) in [6.07, 6.45) is 2.53. The van der Waals surface area contributed by atoms with E-state index in [2.05, 4.69) is 29.3 Å². The summed E-state index contributed by atoms with van der Waals surface area (Å²) >= 11 is 0. The molecule has 0 aliphatic carbocycles. The van der Waals surface area contributed by atoms with Crippen LogP contribution >= 0.6 is 0 Å². The first-order valence-corrected chi connectivity index (χ1v) is 7.58. The van der Waals surface area contributed by atoms with Gasteiger partial charge in [0, 0.05) is 30.9 Å². The molecule has 2 atom stereocenters. The van der Waals surface area contributed by atoms with E-state index in [9.17, 15) is 0 Å². The van der Waals surface area contributed by atoms with Gasteiger partial charge in [0.1, 0.15) is 13.2 Å². The van der Waals surface area contributed by atoms with Gasteiger partial charge in [-0.3, -0.25) is 0 Å². The maximum atomic E-state index is 5.67. The monoisotopic (exact) mass is 276 g/mol. The smallest absolute Gasteiger partial charge is 0.163 e. The van der Waals surface area contributed by atoms with Crippen LogP contribution in [0.4, 0.5) is 5.69 Å². The molecule has 1 aromatic carbocycles. The van der Waals surface area contributed by atoms with Crippen LogP contribution in [0.3, 0.4) is 0 Å². The van der Waals surface area contributed by atoms with Gasteiger partial charge in [-0.1, -0.05) is 0 Å². The number of ether oxygens (including phenoxy) is 2. The molecule has 2 heterocycles. The molecule has 1 N–H and O–H groups in total. The topological polar surface area (TPSA) is 33.7 Å². The van der Waals surface area contributed by atoms with Crippen molar-refractivity contribution >= 4 is 5.69 Å².